The van der Waals surface area contributed by atoms with Crippen LogP contribution in [0, 0.1) is 18.8 Å². The van der Waals surface area contributed by atoms with Gasteiger partial charge in [0.15, 0.2) is 0 Å². The van der Waals surface area contributed by atoms with E-state index in [0.29, 0.717) is 11.8 Å². The van der Waals surface area contributed by atoms with Gasteiger partial charge in [0.25, 0.3) is 0 Å². The van der Waals surface area contributed by atoms with Crippen LogP contribution in [-0.4, -0.2) is 22.4 Å². The zero-order valence-corrected chi connectivity index (χ0v) is 12.6. The van der Waals surface area contributed by atoms with Crippen molar-refractivity contribution < 1.29 is 0 Å². The molecule has 1 aromatic heterocycles. The lowest BCUT2D eigenvalue weighted by Crippen LogP contribution is -2.29. The minimum Gasteiger partial charge on any atom is -0.314 e. The van der Waals surface area contributed by atoms with Gasteiger partial charge in [-0.1, -0.05) is 25.4 Å². The molecule has 1 fully saturated rings. The van der Waals surface area contributed by atoms with E-state index < -0.39 is 0 Å². The van der Waals surface area contributed by atoms with Gasteiger partial charge in [0.1, 0.15) is 0 Å². The lowest BCUT2D eigenvalue weighted by Gasteiger charge is -2.21. The molecule has 1 heterocycles. The van der Waals surface area contributed by atoms with Gasteiger partial charge in [-0.2, -0.15) is 5.10 Å². The normalized spacial score (nSPS) is 17.4. The monoisotopic (exact) mass is 269 g/mol. The van der Waals surface area contributed by atoms with Crippen molar-refractivity contribution >= 4 is 11.6 Å². The number of nitrogens with one attached hydrogen (secondary N) is 1. The lowest BCUT2D eigenvalue weighted by molar-refractivity contribution is 0.352. The Morgan fingerprint density at radius 2 is 2.11 bits per heavy atom. The Kier molecular flexibility index (Phi) is 4.33. The van der Waals surface area contributed by atoms with E-state index in [1.807, 2.05) is 18.7 Å². The van der Waals surface area contributed by atoms with E-state index in [1.165, 1.54) is 18.5 Å². The highest BCUT2D eigenvalue weighted by Crippen LogP contribution is 2.26. The van der Waals surface area contributed by atoms with Crippen molar-refractivity contribution in [2.45, 2.75) is 46.1 Å². The van der Waals surface area contributed by atoms with Crippen LogP contribution in [0.3, 0.4) is 0 Å². The number of aromatic nitrogens is 2. The number of hydrogen-bond donors (Lipinski definition) is 1. The van der Waals surface area contributed by atoms with E-state index in [-0.39, 0.29) is 0 Å². The quantitative estimate of drug-likeness (QED) is 0.861. The van der Waals surface area contributed by atoms with Crippen molar-refractivity contribution in [1.82, 2.24) is 15.1 Å². The molecule has 1 aliphatic rings. The Hall–Kier alpha value is -0.540. The van der Waals surface area contributed by atoms with E-state index in [4.69, 9.17) is 11.6 Å². The second-order valence-electron chi connectivity index (χ2n) is 5.86. The summed E-state index contributed by atoms with van der Waals surface area (Å²) in [5.74, 6) is 1.28. The maximum atomic E-state index is 6.33. The second-order valence-corrected chi connectivity index (χ2v) is 6.24. The van der Waals surface area contributed by atoms with Gasteiger partial charge in [-0.25, -0.2) is 0 Å². The second kappa shape index (κ2) is 5.62. The molecule has 18 heavy (non-hydrogen) atoms. The largest absolute Gasteiger partial charge is 0.314 e. The van der Waals surface area contributed by atoms with Gasteiger partial charge >= 0.3 is 0 Å². The maximum Gasteiger partial charge on any atom is 0.0847 e. The fraction of sp³-hybridized carbons (Fsp3) is 0.786. The average Bonchev–Trinajstić information content (AvgIpc) is 3.07. The molecule has 0 saturated heterocycles. The molecule has 2 rings (SSSR count). The van der Waals surface area contributed by atoms with E-state index in [9.17, 15) is 0 Å². The molecule has 0 amide bonds. The van der Waals surface area contributed by atoms with Crippen LogP contribution < -0.4 is 5.32 Å². The van der Waals surface area contributed by atoms with Crippen LogP contribution in [0.4, 0.5) is 0 Å². The van der Waals surface area contributed by atoms with Crippen molar-refractivity contribution in [3.8, 4) is 0 Å². The Balaban J connectivity index is 2.02. The third-order valence-corrected chi connectivity index (χ3v) is 4.40. The van der Waals surface area contributed by atoms with Crippen LogP contribution in [0.15, 0.2) is 0 Å². The Bertz CT molecular complexity index is 407. The van der Waals surface area contributed by atoms with Gasteiger partial charge in [0, 0.05) is 13.1 Å². The molecule has 1 saturated carbocycles. The van der Waals surface area contributed by atoms with Gasteiger partial charge in [-0.15, -0.1) is 0 Å². The molecule has 3 nitrogen and oxygen atoms in total. The molecule has 0 radical (unpaired) electrons. The van der Waals surface area contributed by atoms with Crippen LogP contribution in [0.2, 0.25) is 5.02 Å². The highest BCUT2D eigenvalue weighted by Gasteiger charge is 2.24. The first kappa shape index (κ1) is 13.9. The standard InChI is InChI=1S/C14H24ClN3/c1-9(2)11(8-16-12-5-6-12)7-13-14(15)10(3)17-18(13)4/h9,11-12,16H,5-8H2,1-4H3. The summed E-state index contributed by atoms with van der Waals surface area (Å²) >= 11 is 6.33. The zero-order chi connectivity index (χ0) is 13.3. The van der Waals surface area contributed by atoms with E-state index in [1.54, 1.807) is 0 Å². The Labute approximate surface area is 115 Å². The maximum absolute atomic E-state index is 6.33. The number of aryl methyl sites for hydroxylation is 2. The predicted molar refractivity (Wildman–Crippen MR) is 76.0 cm³/mol. The van der Waals surface area contributed by atoms with Gasteiger partial charge < -0.3 is 5.32 Å². The van der Waals surface area contributed by atoms with Crippen molar-refractivity contribution in [3.05, 3.63) is 16.4 Å². The fourth-order valence-corrected chi connectivity index (χ4v) is 2.54. The first-order valence-corrected chi connectivity index (χ1v) is 7.28. The van der Waals surface area contributed by atoms with Crippen LogP contribution in [0.5, 0.6) is 0 Å². The average molecular weight is 270 g/mol. The topological polar surface area (TPSA) is 29.9 Å². The molecular weight excluding hydrogens is 246 g/mol. The van der Waals surface area contributed by atoms with Crippen LogP contribution >= 0.6 is 11.6 Å². The third kappa shape index (κ3) is 3.27. The summed E-state index contributed by atoms with van der Waals surface area (Å²) in [5, 5.41) is 8.87. The minimum absolute atomic E-state index is 0.623. The van der Waals surface area contributed by atoms with E-state index >= 15 is 0 Å². The van der Waals surface area contributed by atoms with Gasteiger partial charge in [0.2, 0.25) is 0 Å². The summed E-state index contributed by atoms with van der Waals surface area (Å²) in [6.45, 7) is 7.63. The third-order valence-electron chi connectivity index (χ3n) is 3.91. The number of halogens is 1. The number of nitrogens with zero attached hydrogens (tertiary/aromatic N) is 2. The predicted octanol–water partition coefficient (Wildman–Crippen LogP) is 2.95. The summed E-state index contributed by atoms with van der Waals surface area (Å²) in [5.41, 5.74) is 2.11. The minimum atomic E-state index is 0.623. The molecule has 0 spiro atoms. The highest BCUT2D eigenvalue weighted by molar-refractivity contribution is 6.31. The van der Waals surface area contributed by atoms with Crippen molar-refractivity contribution in [2.24, 2.45) is 18.9 Å². The van der Waals surface area contributed by atoms with E-state index in [0.717, 1.165) is 29.7 Å². The molecule has 1 aliphatic carbocycles. The summed E-state index contributed by atoms with van der Waals surface area (Å²) in [6, 6.07) is 0.773. The summed E-state index contributed by atoms with van der Waals surface area (Å²) < 4.78 is 1.93. The van der Waals surface area contributed by atoms with Crippen molar-refractivity contribution in [3.63, 3.8) is 0 Å². The highest BCUT2D eigenvalue weighted by atomic mass is 35.5. The first-order chi connectivity index (χ1) is 8.49. The summed E-state index contributed by atoms with van der Waals surface area (Å²) in [6.07, 6.45) is 3.69. The molecule has 1 aromatic rings. The van der Waals surface area contributed by atoms with Gasteiger partial charge in [-0.05, 0) is 44.6 Å². The molecule has 1 unspecified atom stereocenters. The van der Waals surface area contributed by atoms with E-state index in [2.05, 4.69) is 24.3 Å². The van der Waals surface area contributed by atoms with Crippen molar-refractivity contribution in [1.29, 1.82) is 0 Å². The fourth-order valence-electron chi connectivity index (χ4n) is 2.30. The lowest BCUT2D eigenvalue weighted by atomic mass is 9.91. The Morgan fingerprint density at radius 3 is 2.56 bits per heavy atom. The van der Waals surface area contributed by atoms with Gasteiger partial charge in [-0.3, -0.25) is 4.68 Å². The molecule has 1 atom stereocenters. The Morgan fingerprint density at radius 1 is 1.44 bits per heavy atom. The summed E-state index contributed by atoms with van der Waals surface area (Å²) in [7, 11) is 1.99. The molecule has 0 aromatic carbocycles. The molecule has 0 aliphatic heterocycles. The first-order valence-electron chi connectivity index (χ1n) is 6.90. The molecule has 102 valence electrons. The van der Waals surface area contributed by atoms with Crippen LogP contribution in [0.1, 0.15) is 38.1 Å². The smallest absolute Gasteiger partial charge is 0.0847 e. The molecule has 0 bridgehead atoms. The van der Waals surface area contributed by atoms with Crippen LogP contribution in [0.25, 0.3) is 0 Å². The summed E-state index contributed by atoms with van der Waals surface area (Å²) in [4.78, 5) is 0. The molecular formula is C14H24ClN3. The number of rotatable bonds is 6. The van der Waals surface area contributed by atoms with Crippen molar-refractivity contribution in [2.75, 3.05) is 6.54 Å². The molecule has 4 heteroatoms. The zero-order valence-electron chi connectivity index (χ0n) is 11.8. The van der Waals surface area contributed by atoms with Gasteiger partial charge in [0.05, 0.1) is 16.4 Å². The number of hydrogen-bond acceptors (Lipinski definition) is 2. The van der Waals surface area contributed by atoms with Crippen LogP contribution in [-0.2, 0) is 13.5 Å². The SMILES string of the molecule is Cc1nn(C)c(CC(CNC2CC2)C(C)C)c1Cl. The molecule has 1 N–H and O–H groups in total.